The minimum absolute atomic E-state index is 0.0379. The summed E-state index contributed by atoms with van der Waals surface area (Å²) >= 11 is 0. The fourth-order valence-electron chi connectivity index (χ4n) is 3.32. The monoisotopic (exact) mass is 303 g/mol. The summed E-state index contributed by atoms with van der Waals surface area (Å²) in [5.41, 5.74) is 2.66. The number of nitrogens with one attached hydrogen (secondary N) is 1. The molecule has 1 saturated carbocycles. The Morgan fingerprint density at radius 3 is 2.55 bits per heavy atom. The molecule has 0 heterocycles. The molecular weight excluding hydrogens is 274 g/mol. The number of anilines is 1. The molecule has 1 fully saturated rings. The van der Waals surface area contributed by atoms with Crippen LogP contribution in [0.3, 0.4) is 0 Å². The van der Waals surface area contributed by atoms with E-state index in [9.17, 15) is 4.79 Å². The number of ether oxygens (including phenoxy) is 1. The molecule has 3 nitrogen and oxygen atoms in total. The molecule has 1 aliphatic carbocycles. The van der Waals surface area contributed by atoms with Gasteiger partial charge in [-0.15, -0.1) is 0 Å². The van der Waals surface area contributed by atoms with Crippen molar-refractivity contribution in [3.63, 3.8) is 0 Å². The Kier molecular flexibility index (Phi) is 6.29. The van der Waals surface area contributed by atoms with Crippen LogP contribution in [0.2, 0.25) is 0 Å². The molecule has 0 amide bonds. The van der Waals surface area contributed by atoms with Gasteiger partial charge in [-0.25, -0.2) is 0 Å². The number of benzene rings is 1. The van der Waals surface area contributed by atoms with Crippen molar-refractivity contribution in [3.8, 4) is 0 Å². The largest absolute Gasteiger partial charge is 0.466 e. The van der Waals surface area contributed by atoms with Crippen LogP contribution in [0.1, 0.15) is 64.4 Å². The topological polar surface area (TPSA) is 38.3 Å². The summed E-state index contributed by atoms with van der Waals surface area (Å²) in [6.45, 7) is 6.82. The van der Waals surface area contributed by atoms with Crippen LogP contribution in [0.25, 0.3) is 0 Å². The van der Waals surface area contributed by atoms with E-state index >= 15 is 0 Å². The van der Waals surface area contributed by atoms with Crippen molar-refractivity contribution in [2.75, 3.05) is 11.9 Å². The highest BCUT2D eigenvalue weighted by Gasteiger charge is 2.24. The normalized spacial score (nSPS) is 21.6. The first-order valence-electron chi connectivity index (χ1n) is 8.61. The number of hydrogen-bond donors (Lipinski definition) is 1. The maximum Gasteiger partial charge on any atom is 0.306 e. The Labute approximate surface area is 134 Å². The number of hydrogen-bond acceptors (Lipinski definition) is 3. The third kappa shape index (κ3) is 4.75. The van der Waals surface area contributed by atoms with Crippen molar-refractivity contribution in [2.45, 2.75) is 64.8 Å². The summed E-state index contributed by atoms with van der Waals surface area (Å²) in [6, 6.07) is 9.12. The van der Waals surface area contributed by atoms with Crippen LogP contribution < -0.4 is 5.32 Å². The van der Waals surface area contributed by atoms with Crippen LogP contribution in [0.4, 0.5) is 5.69 Å². The Morgan fingerprint density at radius 2 is 1.91 bits per heavy atom. The van der Waals surface area contributed by atoms with Crippen LogP contribution in [0.15, 0.2) is 24.3 Å². The fourth-order valence-corrected chi connectivity index (χ4v) is 3.32. The average molecular weight is 303 g/mol. The summed E-state index contributed by atoms with van der Waals surface area (Å²) in [5, 5.41) is 3.71. The highest BCUT2D eigenvalue weighted by Crippen LogP contribution is 2.31. The van der Waals surface area contributed by atoms with Crippen LogP contribution in [-0.4, -0.2) is 18.6 Å². The maximum absolute atomic E-state index is 11.6. The molecule has 2 rings (SSSR count). The molecule has 1 aliphatic rings. The quantitative estimate of drug-likeness (QED) is 0.772. The highest BCUT2D eigenvalue weighted by molar-refractivity contribution is 5.69. The molecule has 0 saturated heterocycles. The van der Waals surface area contributed by atoms with Crippen molar-refractivity contribution in [1.29, 1.82) is 0 Å². The van der Waals surface area contributed by atoms with Crippen molar-refractivity contribution in [1.82, 2.24) is 0 Å². The van der Waals surface area contributed by atoms with Crippen LogP contribution >= 0.6 is 0 Å². The van der Waals surface area contributed by atoms with E-state index < -0.39 is 0 Å². The van der Waals surface area contributed by atoms with E-state index in [1.807, 2.05) is 6.92 Å². The van der Waals surface area contributed by atoms with Gasteiger partial charge in [0.25, 0.3) is 0 Å². The predicted molar refractivity (Wildman–Crippen MR) is 91.1 cm³/mol. The number of carbonyl (C=O) groups excluding carboxylic acids is 1. The molecule has 0 spiro atoms. The van der Waals surface area contributed by atoms with Crippen LogP contribution in [0, 0.1) is 5.92 Å². The Hall–Kier alpha value is -1.51. The van der Waals surface area contributed by atoms with Gasteiger partial charge in [0.05, 0.1) is 6.61 Å². The Morgan fingerprint density at radius 1 is 1.23 bits per heavy atom. The van der Waals surface area contributed by atoms with Gasteiger partial charge in [0.2, 0.25) is 0 Å². The van der Waals surface area contributed by atoms with Crippen molar-refractivity contribution in [2.24, 2.45) is 5.92 Å². The van der Waals surface area contributed by atoms with Crippen LogP contribution in [-0.2, 0) is 9.53 Å². The van der Waals surface area contributed by atoms with Gasteiger partial charge in [0.1, 0.15) is 0 Å². The third-order valence-electron chi connectivity index (χ3n) is 4.55. The SMILES string of the molecule is CCOC(=O)C[C@H]1CC[C@@H](Nc2ccccc2C(C)C)CC1. The third-order valence-corrected chi connectivity index (χ3v) is 4.55. The lowest BCUT2D eigenvalue weighted by Gasteiger charge is -2.30. The van der Waals surface area contributed by atoms with Gasteiger partial charge < -0.3 is 10.1 Å². The first-order valence-corrected chi connectivity index (χ1v) is 8.61. The van der Waals surface area contributed by atoms with Gasteiger partial charge in [0.15, 0.2) is 0 Å². The summed E-state index contributed by atoms with van der Waals surface area (Å²) in [7, 11) is 0. The summed E-state index contributed by atoms with van der Waals surface area (Å²) in [5.74, 6) is 0.991. The number of rotatable bonds is 6. The maximum atomic E-state index is 11.6. The second kappa shape index (κ2) is 8.21. The first kappa shape index (κ1) is 16.9. The second-order valence-electron chi connectivity index (χ2n) is 6.61. The van der Waals surface area contributed by atoms with Crippen LogP contribution in [0.5, 0.6) is 0 Å². The van der Waals surface area contributed by atoms with Gasteiger partial charge in [-0.2, -0.15) is 0 Å². The van der Waals surface area contributed by atoms with Gasteiger partial charge in [-0.3, -0.25) is 4.79 Å². The molecule has 3 heteroatoms. The Balaban J connectivity index is 1.84. The lowest BCUT2D eigenvalue weighted by atomic mass is 9.84. The first-order chi connectivity index (χ1) is 10.6. The molecule has 122 valence electrons. The van der Waals surface area contributed by atoms with E-state index in [1.54, 1.807) is 0 Å². The molecule has 0 aromatic heterocycles. The molecule has 0 aliphatic heterocycles. The molecule has 1 aromatic rings. The fraction of sp³-hybridized carbons (Fsp3) is 0.632. The van der Waals surface area contributed by atoms with Gasteiger partial charge in [0, 0.05) is 18.2 Å². The van der Waals surface area contributed by atoms with E-state index in [0.717, 1.165) is 25.7 Å². The molecule has 0 bridgehead atoms. The molecule has 0 atom stereocenters. The zero-order valence-corrected chi connectivity index (χ0v) is 14.1. The van der Waals surface area contributed by atoms with Crippen molar-refractivity contribution < 1.29 is 9.53 Å². The zero-order valence-electron chi connectivity index (χ0n) is 14.1. The molecule has 1 aromatic carbocycles. The highest BCUT2D eigenvalue weighted by atomic mass is 16.5. The van der Waals surface area contributed by atoms with E-state index in [2.05, 4.69) is 43.4 Å². The number of para-hydroxylation sites is 1. The summed E-state index contributed by atoms with van der Waals surface area (Å²) in [4.78, 5) is 11.6. The van der Waals surface area contributed by atoms with Gasteiger partial charge >= 0.3 is 5.97 Å². The second-order valence-corrected chi connectivity index (χ2v) is 6.61. The predicted octanol–water partition coefficient (Wildman–Crippen LogP) is 4.73. The van der Waals surface area contributed by atoms with Gasteiger partial charge in [-0.1, -0.05) is 32.0 Å². The van der Waals surface area contributed by atoms with Crippen molar-refractivity contribution in [3.05, 3.63) is 29.8 Å². The summed E-state index contributed by atoms with van der Waals surface area (Å²) in [6.07, 6.45) is 5.08. The Bertz CT molecular complexity index is 476. The van der Waals surface area contributed by atoms with E-state index in [1.165, 1.54) is 11.3 Å². The van der Waals surface area contributed by atoms with E-state index in [0.29, 0.717) is 30.9 Å². The molecule has 1 N–H and O–H groups in total. The lowest BCUT2D eigenvalue weighted by molar-refractivity contribution is -0.144. The van der Waals surface area contributed by atoms with E-state index in [4.69, 9.17) is 4.74 Å². The minimum Gasteiger partial charge on any atom is -0.466 e. The van der Waals surface area contributed by atoms with E-state index in [-0.39, 0.29) is 5.97 Å². The summed E-state index contributed by atoms with van der Waals surface area (Å²) < 4.78 is 5.05. The minimum atomic E-state index is -0.0379. The molecular formula is C19H29NO2. The smallest absolute Gasteiger partial charge is 0.306 e. The lowest BCUT2D eigenvalue weighted by Crippen LogP contribution is -2.27. The standard InChI is InChI=1S/C19H29NO2/c1-4-22-19(21)13-15-9-11-16(12-10-15)20-18-8-6-5-7-17(18)14(2)3/h5-8,14-16,20H,4,9-13H2,1-3H3/t15-,16+. The average Bonchev–Trinajstić information content (AvgIpc) is 2.50. The molecule has 22 heavy (non-hydrogen) atoms. The molecule has 0 radical (unpaired) electrons. The van der Waals surface area contributed by atoms with Gasteiger partial charge in [-0.05, 0) is 56.1 Å². The number of carbonyl (C=O) groups is 1. The molecule has 0 unspecified atom stereocenters. The zero-order chi connectivity index (χ0) is 15.9. The number of esters is 1. The van der Waals surface area contributed by atoms with Crippen molar-refractivity contribution >= 4 is 11.7 Å².